The lowest BCUT2D eigenvalue weighted by Crippen LogP contribution is -2.26. The molecule has 2 rings (SSSR count). The summed E-state index contributed by atoms with van der Waals surface area (Å²) in [6.07, 6.45) is 11.0. The number of hydrogen-bond acceptors (Lipinski definition) is 2. The molecule has 2 saturated carbocycles. The van der Waals surface area contributed by atoms with E-state index in [4.69, 9.17) is 23.2 Å². The van der Waals surface area contributed by atoms with E-state index >= 15 is 0 Å². The van der Waals surface area contributed by atoms with Crippen LogP contribution in [0.25, 0.3) is 0 Å². The van der Waals surface area contributed by atoms with Crippen molar-refractivity contribution in [3.8, 4) is 0 Å². The molecule has 0 radical (unpaired) electrons. The van der Waals surface area contributed by atoms with Crippen LogP contribution in [0.1, 0.15) is 64.2 Å². The van der Waals surface area contributed by atoms with Crippen LogP contribution in [0.4, 0.5) is 0 Å². The Hall–Kier alpha value is 0.180. The van der Waals surface area contributed by atoms with E-state index in [1.54, 1.807) is 0 Å². The van der Waals surface area contributed by atoms with Gasteiger partial charge in [-0.3, -0.25) is 0 Å². The highest BCUT2D eigenvalue weighted by molar-refractivity contribution is 6.24. The van der Waals surface area contributed by atoms with Crippen LogP contribution >= 0.6 is 23.2 Å². The summed E-state index contributed by atoms with van der Waals surface area (Å²) < 4.78 is 0. The Labute approximate surface area is 108 Å². The van der Waals surface area contributed by atoms with Gasteiger partial charge in [-0.15, -0.1) is 0 Å². The first-order valence-electron chi connectivity index (χ1n) is 6.44. The molecule has 0 aliphatic heterocycles. The lowest BCUT2D eigenvalue weighted by molar-refractivity contribution is 0.344. The van der Waals surface area contributed by atoms with Crippen LogP contribution in [0.5, 0.6) is 0 Å². The van der Waals surface area contributed by atoms with Crippen molar-refractivity contribution in [2.24, 2.45) is 10.2 Å². The molecule has 0 spiro atoms. The average Bonchev–Trinajstić information content (AvgIpc) is 2.29. The van der Waals surface area contributed by atoms with Gasteiger partial charge in [-0.1, -0.05) is 36.0 Å². The average molecular weight is 263 g/mol. The SMILES string of the molecule is ClC1(N=NC2(Cl)CCCCC2)CCCCC1. The fourth-order valence-electron chi connectivity index (χ4n) is 2.57. The third kappa shape index (κ3) is 3.33. The molecule has 0 aromatic carbocycles. The maximum atomic E-state index is 6.44. The van der Waals surface area contributed by atoms with Gasteiger partial charge in [0.1, 0.15) is 0 Å². The van der Waals surface area contributed by atoms with E-state index in [2.05, 4.69) is 10.2 Å². The summed E-state index contributed by atoms with van der Waals surface area (Å²) in [5.41, 5.74) is 0. The maximum Gasteiger partial charge on any atom is 0.154 e. The lowest BCUT2D eigenvalue weighted by Gasteiger charge is -2.30. The quantitative estimate of drug-likeness (QED) is 0.370. The van der Waals surface area contributed by atoms with E-state index in [0.29, 0.717) is 0 Å². The van der Waals surface area contributed by atoms with Gasteiger partial charge in [0.2, 0.25) is 0 Å². The highest BCUT2D eigenvalue weighted by atomic mass is 35.5. The minimum atomic E-state index is -0.447. The second-order valence-electron chi connectivity index (χ2n) is 5.16. The summed E-state index contributed by atoms with van der Waals surface area (Å²) in [6, 6.07) is 0. The molecule has 0 unspecified atom stereocenters. The van der Waals surface area contributed by atoms with Crippen LogP contribution in [0.3, 0.4) is 0 Å². The van der Waals surface area contributed by atoms with Crippen LogP contribution in [-0.4, -0.2) is 10.00 Å². The minimum absolute atomic E-state index is 0.447. The molecule has 0 N–H and O–H groups in total. The Morgan fingerprint density at radius 2 is 0.875 bits per heavy atom. The van der Waals surface area contributed by atoms with Crippen molar-refractivity contribution in [1.29, 1.82) is 0 Å². The normalized spacial score (nSPS) is 29.4. The predicted octanol–water partition coefficient (Wildman–Crippen LogP) is 5.24. The minimum Gasteiger partial charge on any atom is -0.169 e. The summed E-state index contributed by atoms with van der Waals surface area (Å²) >= 11 is 12.9. The van der Waals surface area contributed by atoms with Crippen LogP contribution in [0.15, 0.2) is 10.2 Å². The summed E-state index contributed by atoms with van der Waals surface area (Å²) in [4.78, 5) is -0.894. The Morgan fingerprint density at radius 3 is 1.19 bits per heavy atom. The van der Waals surface area contributed by atoms with Crippen molar-refractivity contribution >= 4 is 23.2 Å². The predicted molar refractivity (Wildman–Crippen MR) is 68.2 cm³/mol. The number of alkyl halides is 2. The van der Waals surface area contributed by atoms with E-state index in [-0.39, 0.29) is 0 Å². The smallest absolute Gasteiger partial charge is 0.154 e. The second kappa shape index (κ2) is 5.22. The molecule has 2 aliphatic rings. The Morgan fingerprint density at radius 1 is 0.562 bits per heavy atom. The molecule has 0 heterocycles. The van der Waals surface area contributed by atoms with Gasteiger partial charge in [-0.05, 0) is 51.4 Å². The van der Waals surface area contributed by atoms with Crippen molar-refractivity contribution in [2.75, 3.05) is 0 Å². The summed E-state index contributed by atoms with van der Waals surface area (Å²) in [5, 5.41) is 8.74. The molecule has 16 heavy (non-hydrogen) atoms. The van der Waals surface area contributed by atoms with E-state index in [1.807, 2.05) is 0 Å². The van der Waals surface area contributed by atoms with Crippen molar-refractivity contribution in [1.82, 2.24) is 0 Å². The highest BCUT2D eigenvalue weighted by Crippen LogP contribution is 2.40. The third-order valence-electron chi connectivity index (χ3n) is 3.65. The van der Waals surface area contributed by atoms with Gasteiger partial charge in [0.25, 0.3) is 0 Å². The molecule has 0 saturated heterocycles. The first kappa shape index (κ1) is 12.6. The molecule has 4 heteroatoms. The molecule has 0 atom stereocenters. The van der Waals surface area contributed by atoms with Crippen LogP contribution < -0.4 is 0 Å². The standard InChI is InChI=1S/C12H20Cl2N2/c13-11(7-3-1-4-8-11)15-16-12(14)9-5-2-6-10-12/h1-10H2. The van der Waals surface area contributed by atoms with Gasteiger partial charge in [0.05, 0.1) is 0 Å². The Balaban J connectivity index is 1.95. The monoisotopic (exact) mass is 262 g/mol. The van der Waals surface area contributed by atoms with E-state index in [0.717, 1.165) is 51.4 Å². The molecule has 2 nitrogen and oxygen atoms in total. The largest absolute Gasteiger partial charge is 0.169 e. The zero-order chi connectivity index (χ0) is 11.5. The topological polar surface area (TPSA) is 24.7 Å². The van der Waals surface area contributed by atoms with Gasteiger partial charge in [-0.25, -0.2) is 0 Å². The summed E-state index contributed by atoms with van der Waals surface area (Å²) in [5.74, 6) is 0. The molecule has 2 fully saturated rings. The third-order valence-corrected chi connectivity index (χ3v) is 4.55. The molecule has 2 aliphatic carbocycles. The van der Waals surface area contributed by atoms with Crippen molar-refractivity contribution in [3.63, 3.8) is 0 Å². The van der Waals surface area contributed by atoms with Gasteiger partial charge in [0, 0.05) is 0 Å². The molecule has 92 valence electrons. The van der Waals surface area contributed by atoms with Crippen LogP contribution in [-0.2, 0) is 0 Å². The second-order valence-corrected chi connectivity index (χ2v) is 6.56. The fraction of sp³-hybridized carbons (Fsp3) is 1.00. The molecule has 0 aromatic rings. The Bertz CT molecular complexity index is 228. The first-order chi connectivity index (χ1) is 7.62. The number of nitrogens with zero attached hydrogens (tertiary/aromatic N) is 2. The summed E-state index contributed by atoms with van der Waals surface area (Å²) in [7, 11) is 0. The van der Waals surface area contributed by atoms with Gasteiger partial charge in [-0.2, -0.15) is 10.2 Å². The molecule has 0 amide bonds. The molecular weight excluding hydrogens is 243 g/mol. The van der Waals surface area contributed by atoms with Gasteiger partial charge < -0.3 is 0 Å². The molecular formula is C12H20Cl2N2. The van der Waals surface area contributed by atoms with Crippen LogP contribution in [0.2, 0.25) is 0 Å². The van der Waals surface area contributed by atoms with E-state index < -0.39 is 10.00 Å². The highest BCUT2D eigenvalue weighted by Gasteiger charge is 2.33. The first-order valence-corrected chi connectivity index (χ1v) is 7.20. The number of azo groups is 1. The zero-order valence-corrected chi connectivity index (χ0v) is 11.2. The summed E-state index contributed by atoms with van der Waals surface area (Å²) in [6.45, 7) is 0. The molecule has 0 bridgehead atoms. The number of rotatable bonds is 2. The van der Waals surface area contributed by atoms with Crippen molar-refractivity contribution < 1.29 is 0 Å². The number of hydrogen-bond donors (Lipinski definition) is 0. The maximum absolute atomic E-state index is 6.44. The van der Waals surface area contributed by atoms with Crippen LogP contribution in [0, 0.1) is 0 Å². The zero-order valence-electron chi connectivity index (χ0n) is 9.72. The fourth-order valence-corrected chi connectivity index (χ4v) is 3.18. The van der Waals surface area contributed by atoms with E-state index in [9.17, 15) is 0 Å². The molecule has 0 aromatic heterocycles. The van der Waals surface area contributed by atoms with Crippen molar-refractivity contribution in [3.05, 3.63) is 0 Å². The van der Waals surface area contributed by atoms with Crippen molar-refractivity contribution in [2.45, 2.75) is 74.2 Å². The lowest BCUT2D eigenvalue weighted by atomic mass is 9.95. The Kier molecular flexibility index (Phi) is 4.12. The van der Waals surface area contributed by atoms with Gasteiger partial charge >= 0.3 is 0 Å². The van der Waals surface area contributed by atoms with Gasteiger partial charge in [0.15, 0.2) is 10.00 Å². The van der Waals surface area contributed by atoms with E-state index in [1.165, 1.54) is 12.8 Å². The number of halogens is 2.